The van der Waals surface area contributed by atoms with Crippen LogP contribution in [0.1, 0.15) is 25.5 Å². The third kappa shape index (κ3) is 3.57. The van der Waals surface area contributed by atoms with E-state index in [0.717, 1.165) is 5.56 Å². The molecular formula is C18H21N3O6. The molecule has 1 N–H and O–H groups in total. The fourth-order valence-corrected chi connectivity index (χ4v) is 3.00. The molecule has 9 heteroatoms. The highest BCUT2D eigenvalue weighted by molar-refractivity contribution is 6.44. The monoisotopic (exact) mass is 375 g/mol. The molecule has 0 bridgehead atoms. The SMILES string of the molecule is CC(C)[C@@H](NC(=O)CN1C(=O)C(=O)N(C)C1=O)c1ccc2c(c1)OCCO2. The van der Waals surface area contributed by atoms with Crippen LogP contribution in [0.5, 0.6) is 11.5 Å². The largest absolute Gasteiger partial charge is 0.486 e. The van der Waals surface area contributed by atoms with Crippen LogP contribution in [0.15, 0.2) is 18.2 Å². The topological polar surface area (TPSA) is 105 Å². The molecule has 9 nitrogen and oxygen atoms in total. The molecule has 2 aliphatic rings. The summed E-state index contributed by atoms with van der Waals surface area (Å²) in [5.74, 6) is -1.19. The zero-order valence-corrected chi connectivity index (χ0v) is 15.4. The predicted octanol–water partition coefficient (Wildman–Crippen LogP) is 0.692. The molecule has 1 saturated heterocycles. The molecule has 1 aromatic rings. The summed E-state index contributed by atoms with van der Waals surface area (Å²) < 4.78 is 11.1. The number of urea groups is 1. The molecule has 1 atom stereocenters. The van der Waals surface area contributed by atoms with Crippen molar-refractivity contribution in [1.82, 2.24) is 15.1 Å². The van der Waals surface area contributed by atoms with Crippen molar-refractivity contribution < 1.29 is 28.7 Å². The zero-order chi connectivity index (χ0) is 19.7. The van der Waals surface area contributed by atoms with E-state index >= 15 is 0 Å². The van der Waals surface area contributed by atoms with Crippen LogP contribution in [0, 0.1) is 5.92 Å². The lowest BCUT2D eigenvalue weighted by molar-refractivity contribution is -0.143. The van der Waals surface area contributed by atoms with Gasteiger partial charge >= 0.3 is 17.8 Å². The van der Waals surface area contributed by atoms with E-state index in [1.54, 1.807) is 6.07 Å². The van der Waals surface area contributed by atoms with Gasteiger partial charge in [0, 0.05) is 7.05 Å². The number of nitrogens with one attached hydrogen (secondary N) is 1. The highest BCUT2D eigenvalue weighted by atomic mass is 16.6. The van der Waals surface area contributed by atoms with Gasteiger partial charge in [-0.1, -0.05) is 19.9 Å². The summed E-state index contributed by atoms with van der Waals surface area (Å²) in [5, 5.41) is 2.83. The van der Waals surface area contributed by atoms with E-state index in [9.17, 15) is 19.2 Å². The van der Waals surface area contributed by atoms with Crippen LogP contribution in [-0.4, -0.2) is 60.4 Å². The van der Waals surface area contributed by atoms with Gasteiger partial charge in [-0.2, -0.15) is 0 Å². The summed E-state index contributed by atoms with van der Waals surface area (Å²) in [4.78, 5) is 49.0. The number of hydrogen-bond donors (Lipinski definition) is 1. The Labute approximate surface area is 156 Å². The Hall–Kier alpha value is -3.10. The Morgan fingerprint density at radius 1 is 1.11 bits per heavy atom. The van der Waals surface area contributed by atoms with Gasteiger partial charge in [-0.25, -0.2) is 9.69 Å². The van der Waals surface area contributed by atoms with E-state index in [2.05, 4.69) is 5.32 Å². The second-order valence-electron chi connectivity index (χ2n) is 6.73. The minimum absolute atomic E-state index is 0.0331. The summed E-state index contributed by atoms with van der Waals surface area (Å²) in [6.45, 7) is 4.30. The van der Waals surface area contributed by atoms with Gasteiger partial charge in [-0.05, 0) is 23.6 Å². The predicted molar refractivity (Wildman–Crippen MR) is 93.0 cm³/mol. The Morgan fingerprint density at radius 2 is 1.78 bits per heavy atom. The molecule has 0 unspecified atom stereocenters. The molecule has 1 aromatic carbocycles. The number of imide groups is 2. The Balaban J connectivity index is 1.73. The highest BCUT2D eigenvalue weighted by Gasteiger charge is 2.43. The maximum Gasteiger partial charge on any atom is 0.334 e. The third-order valence-electron chi connectivity index (χ3n) is 4.46. The number of amides is 5. The van der Waals surface area contributed by atoms with E-state index in [1.165, 1.54) is 7.05 Å². The number of fused-ring (bicyclic) bond motifs is 1. The van der Waals surface area contributed by atoms with Crippen LogP contribution in [0.25, 0.3) is 0 Å². The summed E-state index contributed by atoms with van der Waals surface area (Å²) in [6.07, 6.45) is 0. The van der Waals surface area contributed by atoms with Gasteiger partial charge in [0.25, 0.3) is 0 Å². The van der Waals surface area contributed by atoms with Crippen molar-refractivity contribution in [3.05, 3.63) is 23.8 Å². The number of benzene rings is 1. The molecule has 3 rings (SSSR count). The van der Waals surface area contributed by atoms with Crippen molar-refractivity contribution in [2.45, 2.75) is 19.9 Å². The van der Waals surface area contributed by atoms with Crippen molar-refractivity contribution >= 4 is 23.8 Å². The second kappa shape index (κ2) is 7.26. The summed E-state index contributed by atoms with van der Waals surface area (Å²) in [6, 6.07) is 4.26. The molecule has 0 saturated carbocycles. The molecule has 27 heavy (non-hydrogen) atoms. The maximum atomic E-state index is 12.4. The Bertz CT molecular complexity index is 806. The molecule has 2 heterocycles. The number of carbonyl (C=O) groups is 4. The molecule has 0 spiro atoms. The number of rotatable bonds is 5. The van der Waals surface area contributed by atoms with Gasteiger partial charge in [-0.3, -0.25) is 19.3 Å². The van der Waals surface area contributed by atoms with Gasteiger partial charge < -0.3 is 14.8 Å². The quantitative estimate of drug-likeness (QED) is 0.600. The summed E-state index contributed by atoms with van der Waals surface area (Å²) in [5.41, 5.74) is 0.815. The fourth-order valence-electron chi connectivity index (χ4n) is 3.00. The van der Waals surface area contributed by atoms with E-state index in [0.29, 0.717) is 34.5 Å². The average Bonchev–Trinajstić information content (AvgIpc) is 2.83. The first-order valence-corrected chi connectivity index (χ1v) is 8.62. The molecule has 0 radical (unpaired) electrons. The first-order chi connectivity index (χ1) is 12.8. The van der Waals surface area contributed by atoms with Crippen LogP contribution < -0.4 is 14.8 Å². The van der Waals surface area contributed by atoms with Crippen molar-refractivity contribution in [1.29, 1.82) is 0 Å². The smallest absolute Gasteiger partial charge is 0.334 e. The lowest BCUT2D eigenvalue weighted by Gasteiger charge is -2.26. The average molecular weight is 375 g/mol. The third-order valence-corrected chi connectivity index (χ3v) is 4.46. The van der Waals surface area contributed by atoms with Gasteiger partial charge in [-0.15, -0.1) is 0 Å². The Kier molecular flexibility index (Phi) is 5.02. The molecule has 144 valence electrons. The van der Waals surface area contributed by atoms with Crippen molar-refractivity contribution in [2.75, 3.05) is 26.8 Å². The molecule has 0 aromatic heterocycles. The zero-order valence-electron chi connectivity index (χ0n) is 15.4. The van der Waals surface area contributed by atoms with Crippen LogP contribution >= 0.6 is 0 Å². The number of nitrogens with zero attached hydrogens (tertiary/aromatic N) is 2. The minimum atomic E-state index is -1.00. The van der Waals surface area contributed by atoms with Crippen LogP contribution in [-0.2, 0) is 14.4 Å². The lowest BCUT2D eigenvalue weighted by Crippen LogP contribution is -2.43. The number of carbonyl (C=O) groups excluding carboxylic acids is 4. The van der Waals surface area contributed by atoms with Gasteiger partial charge in [0.1, 0.15) is 19.8 Å². The lowest BCUT2D eigenvalue weighted by atomic mass is 9.95. The van der Waals surface area contributed by atoms with E-state index in [4.69, 9.17) is 9.47 Å². The second-order valence-corrected chi connectivity index (χ2v) is 6.73. The van der Waals surface area contributed by atoms with E-state index in [1.807, 2.05) is 26.0 Å². The maximum absolute atomic E-state index is 12.4. The van der Waals surface area contributed by atoms with Gasteiger partial charge in [0.2, 0.25) is 5.91 Å². The number of hydrogen-bond acceptors (Lipinski definition) is 6. The first-order valence-electron chi connectivity index (χ1n) is 8.62. The van der Waals surface area contributed by atoms with Crippen LogP contribution in [0.4, 0.5) is 4.79 Å². The summed E-state index contributed by atoms with van der Waals surface area (Å²) >= 11 is 0. The number of likely N-dealkylation sites (N-methyl/N-ethyl adjacent to an activating group) is 1. The van der Waals surface area contributed by atoms with Gasteiger partial charge in [0.05, 0.1) is 6.04 Å². The van der Waals surface area contributed by atoms with Gasteiger partial charge in [0.15, 0.2) is 11.5 Å². The van der Waals surface area contributed by atoms with Crippen molar-refractivity contribution in [3.63, 3.8) is 0 Å². The molecule has 0 aliphatic carbocycles. The summed E-state index contributed by atoms with van der Waals surface area (Å²) in [7, 11) is 1.20. The highest BCUT2D eigenvalue weighted by Crippen LogP contribution is 2.34. The fraction of sp³-hybridized carbons (Fsp3) is 0.444. The van der Waals surface area contributed by atoms with Crippen molar-refractivity contribution in [2.24, 2.45) is 5.92 Å². The molecule has 1 fully saturated rings. The first kappa shape index (κ1) is 18.7. The normalized spacial score (nSPS) is 17.6. The van der Waals surface area contributed by atoms with Crippen molar-refractivity contribution in [3.8, 4) is 11.5 Å². The van der Waals surface area contributed by atoms with E-state index < -0.39 is 30.3 Å². The number of ether oxygens (including phenoxy) is 2. The van der Waals surface area contributed by atoms with E-state index in [-0.39, 0.29) is 12.0 Å². The van der Waals surface area contributed by atoms with Crippen LogP contribution in [0.2, 0.25) is 0 Å². The standard InChI is InChI=1S/C18H21N3O6/c1-10(2)15(11-4-5-12-13(8-11)27-7-6-26-12)19-14(22)9-21-17(24)16(23)20(3)18(21)25/h4-5,8,10,15H,6-7,9H2,1-3H3,(H,19,22)/t15-/m1/s1. The molecule has 5 amide bonds. The Morgan fingerprint density at radius 3 is 2.37 bits per heavy atom. The minimum Gasteiger partial charge on any atom is -0.486 e. The van der Waals surface area contributed by atoms with Crippen LogP contribution in [0.3, 0.4) is 0 Å². The molecular weight excluding hydrogens is 354 g/mol. The molecule has 2 aliphatic heterocycles.